The Hall–Kier alpha value is -0.310. The van der Waals surface area contributed by atoms with Crippen molar-refractivity contribution in [2.45, 2.75) is 18.7 Å². The minimum absolute atomic E-state index is 0.259. The number of alkyl halides is 1. The summed E-state index contributed by atoms with van der Waals surface area (Å²) >= 11 is 11.6. The number of rotatable bonds is 2. The largest absolute Gasteiger partial charge is 0.152 e. The van der Waals surface area contributed by atoms with Crippen LogP contribution in [0.2, 0.25) is 5.02 Å². The summed E-state index contributed by atoms with van der Waals surface area (Å²) in [6.45, 7) is 4.14. The number of benzene rings is 1. The molecule has 0 radical (unpaired) electrons. The number of hydrogen-bond donors (Lipinski definition) is 0. The molecule has 0 amide bonds. The van der Waals surface area contributed by atoms with Crippen LogP contribution in [0.5, 0.6) is 0 Å². The summed E-state index contributed by atoms with van der Waals surface area (Å²) < 4.78 is 0. The molecule has 0 aliphatic carbocycles. The van der Waals surface area contributed by atoms with Gasteiger partial charge in [-0.3, -0.25) is 0 Å². The quantitative estimate of drug-likeness (QED) is 0.642. The molecule has 0 saturated heterocycles. The maximum atomic E-state index is 6.10. The molecule has 0 aliphatic heterocycles. The molecule has 1 aromatic heterocycles. The molecule has 3 heteroatoms. The Morgan fingerprint density at radius 1 is 1.25 bits per heavy atom. The van der Waals surface area contributed by atoms with E-state index < -0.39 is 0 Å². The van der Waals surface area contributed by atoms with Crippen molar-refractivity contribution in [1.29, 1.82) is 0 Å². The van der Waals surface area contributed by atoms with Crippen LogP contribution >= 0.6 is 38.9 Å². The summed E-state index contributed by atoms with van der Waals surface area (Å²) in [5.74, 6) is 0. The molecule has 0 N–H and O–H groups in total. The number of aryl methyl sites for hydroxylation is 2. The van der Waals surface area contributed by atoms with E-state index in [2.05, 4.69) is 45.7 Å². The van der Waals surface area contributed by atoms with Gasteiger partial charge in [0, 0.05) is 5.02 Å². The van der Waals surface area contributed by atoms with Gasteiger partial charge in [0.25, 0.3) is 0 Å². The standard InChI is InChI=1S/C13H12BrClS/c1-8-6-12(15)9(2)5-11(8)13(14)10-3-4-16-7-10/h3-7,13H,1-2H3. The summed E-state index contributed by atoms with van der Waals surface area (Å²) in [6, 6.07) is 6.34. The number of thiophene rings is 1. The lowest BCUT2D eigenvalue weighted by Crippen LogP contribution is -1.95. The Bertz CT molecular complexity index is 491. The van der Waals surface area contributed by atoms with Crippen molar-refractivity contribution in [2.75, 3.05) is 0 Å². The van der Waals surface area contributed by atoms with E-state index in [4.69, 9.17) is 11.6 Å². The van der Waals surface area contributed by atoms with Gasteiger partial charge in [0.2, 0.25) is 0 Å². The van der Waals surface area contributed by atoms with Crippen LogP contribution in [0, 0.1) is 13.8 Å². The van der Waals surface area contributed by atoms with Gasteiger partial charge < -0.3 is 0 Å². The van der Waals surface area contributed by atoms with E-state index in [9.17, 15) is 0 Å². The highest BCUT2D eigenvalue weighted by Crippen LogP contribution is 2.35. The molecule has 84 valence electrons. The molecule has 0 nitrogen and oxygen atoms in total. The first-order chi connectivity index (χ1) is 7.59. The van der Waals surface area contributed by atoms with Crippen LogP contribution in [-0.2, 0) is 0 Å². The van der Waals surface area contributed by atoms with E-state index in [1.807, 2.05) is 13.0 Å². The summed E-state index contributed by atoms with van der Waals surface area (Å²) in [7, 11) is 0. The molecule has 1 aromatic carbocycles. The molecule has 1 atom stereocenters. The molecule has 0 spiro atoms. The zero-order valence-corrected chi connectivity index (χ0v) is 12.3. The summed E-state index contributed by atoms with van der Waals surface area (Å²) in [5.41, 5.74) is 4.95. The van der Waals surface area contributed by atoms with Crippen LogP contribution in [0.25, 0.3) is 0 Å². The fourth-order valence-electron chi connectivity index (χ4n) is 1.68. The van der Waals surface area contributed by atoms with E-state index in [0.29, 0.717) is 0 Å². The Balaban J connectivity index is 2.44. The first-order valence-corrected chi connectivity index (χ1v) is 7.26. The molecule has 16 heavy (non-hydrogen) atoms. The van der Waals surface area contributed by atoms with Crippen molar-refractivity contribution in [2.24, 2.45) is 0 Å². The lowest BCUT2D eigenvalue weighted by atomic mass is 10.00. The predicted octanol–water partition coefficient (Wildman–Crippen LogP) is 5.50. The second-order valence-corrected chi connectivity index (χ2v) is 5.98. The third-order valence-corrected chi connectivity index (χ3v) is 4.79. The SMILES string of the molecule is Cc1cc(C(Br)c2ccsc2)c(C)cc1Cl. The zero-order valence-electron chi connectivity index (χ0n) is 9.13. The van der Waals surface area contributed by atoms with Gasteiger partial charge in [-0.25, -0.2) is 0 Å². The van der Waals surface area contributed by atoms with E-state index in [1.165, 1.54) is 16.7 Å². The highest BCUT2D eigenvalue weighted by molar-refractivity contribution is 9.09. The Labute approximate surface area is 113 Å². The van der Waals surface area contributed by atoms with Gasteiger partial charge in [-0.15, -0.1) is 0 Å². The summed E-state index contributed by atoms with van der Waals surface area (Å²) in [4.78, 5) is 0.259. The van der Waals surface area contributed by atoms with Crippen molar-refractivity contribution in [3.05, 3.63) is 56.2 Å². The highest BCUT2D eigenvalue weighted by Gasteiger charge is 2.14. The normalized spacial score (nSPS) is 12.8. The second kappa shape index (κ2) is 4.91. The maximum absolute atomic E-state index is 6.10. The maximum Gasteiger partial charge on any atom is 0.0655 e. The second-order valence-electron chi connectivity index (χ2n) is 3.88. The molecule has 2 aromatic rings. The Kier molecular flexibility index (Phi) is 3.73. The highest BCUT2D eigenvalue weighted by atomic mass is 79.9. The molecular formula is C13H12BrClS. The van der Waals surface area contributed by atoms with Crippen LogP contribution in [0.4, 0.5) is 0 Å². The summed E-state index contributed by atoms with van der Waals surface area (Å²) in [6.07, 6.45) is 0. The molecule has 2 rings (SSSR count). The Morgan fingerprint density at radius 2 is 2.00 bits per heavy atom. The van der Waals surface area contributed by atoms with E-state index in [0.717, 1.165) is 10.6 Å². The monoisotopic (exact) mass is 314 g/mol. The van der Waals surface area contributed by atoms with Gasteiger partial charge in [0.05, 0.1) is 4.83 Å². The third kappa shape index (κ3) is 2.34. The van der Waals surface area contributed by atoms with Crippen molar-refractivity contribution in [1.82, 2.24) is 0 Å². The van der Waals surface area contributed by atoms with Crippen LogP contribution in [0.1, 0.15) is 27.1 Å². The molecule has 1 heterocycles. The van der Waals surface area contributed by atoms with Gasteiger partial charge in [-0.2, -0.15) is 11.3 Å². The topological polar surface area (TPSA) is 0 Å². The fraction of sp³-hybridized carbons (Fsp3) is 0.231. The first kappa shape index (κ1) is 12.2. The third-order valence-electron chi connectivity index (χ3n) is 2.66. The van der Waals surface area contributed by atoms with E-state index in [-0.39, 0.29) is 4.83 Å². The van der Waals surface area contributed by atoms with Gasteiger partial charge in [-0.1, -0.05) is 33.6 Å². The minimum atomic E-state index is 0.259. The number of hydrogen-bond acceptors (Lipinski definition) is 1. The van der Waals surface area contributed by atoms with Crippen molar-refractivity contribution >= 4 is 38.9 Å². The molecule has 0 bridgehead atoms. The average Bonchev–Trinajstić information content (AvgIpc) is 2.75. The lowest BCUT2D eigenvalue weighted by molar-refractivity contribution is 1.14. The summed E-state index contributed by atoms with van der Waals surface area (Å²) in [5, 5.41) is 5.11. The van der Waals surface area contributed by atoms with Crippen molar-refractivity contribution in [3.8, 4) is 0 Å². The van der Waals surface area contributed by atoms with Gasteiger partial charge >= 0.3 is 0 Å². The van der Waals surface area contributed by atoms with Crippen molar-refractivity contribution < 1.29 is 0 Å². The number of halogens is 2. The van der Waals surface area contributed by atoms with Crippen LogP contribution in [0.3, 0.4) is 0 Å². The van der Waals surface area contributed by atoms with Crippen molar-refractivity contribution in [3.63, 3.8) is 0 Å². The minimum Gasteiger partial charge on any atom is -0.152 e. The first-order valence-electron chi connectivity index (χ1n) is 5.02. The molecule has 0 fully saturated rings. The molecule has 0 aliphatic rings. The van der Waals surface area contributed by atoms with Gasteiger partial charge in [0.15, 0.2) is 0 Å². The molecule has 0 saturated carbocycles. The molecular weight excluding hydrogens is 304 g/mol. The smallest absolute Gasteiger partial charge is 0.0655 e. The average molecular weight is 316 g/mol. The van der Waals surface area contributed by atoms with E-state index in [1.54, 1.807) is 11.3 Å². The van der Waals surface area contributed by atoms with Gasteiger partial charge in [-0.05, 0) is 59.0 Å². The van der Waals surface area contributed by atoms with Crippen LogP contribution < -0.4 is 0 Å². The zero-order chi connectivity index (χ0) is 11.7. The lowest BCUT2D eigenvalue weighted by Gasteiger charge is -2.14. The Morgan fingerprint density at radius 3 is 2.62 bits per heavy atom. The van der Waals surface area contributed by atoms with E-state index >= 15 is 0 Å². The fourth-order valence-corrected chi connectivity index (χ4v) is 3.53. The van der Waals surface area contributed by atoms with Crippen LogP contribution in [-0.4, -0.2) is 0 Å². The predicted molar refractivity (Wildman–Crippen MR) is 76.0 cm³/mol. The molecule has 1 unspecified atom stereocenters. The van der Waals surface area contributed by atoms with Gasteiger partial charge in [0.1, 0.15) is 0 Å². The van der Waals surface area contributed by atoms with Crippen LogP contribution in [0.15, 0.2) is 29.0 Å².